The molecule has 0 unspecified atom stereocenters. The van der Waals surface area contributed by atoms with Gasteiger partial charge in [-0.1, -0.05) is 0 Å². The van der Waals surface area contributed by atoms with Gasteiger partial charge in [0.05, 0.1) is 0 Å². The fourth-order valence-corrected chi connectivity index (χ4v) is 1.43. The van der Waals surface area contributed by atoms with Crippen LogP contribution in [0.4, 0.5) is 13.2 Å². The molecule has 0 aromatic heterocycles. The minimum absolute atomic E-state index is 0.00674. The van der Waals surface area contributed by atoms with Gasteiger partial charge in [0.25, 0.3) is 0 Å². The Kier molecular flexibility index (Phi) is 3.04. The van der Waals surface area contributed by atoms with Crippen molar-refractivity contribution in [2.45, 2.75) is 19.0 Å². The zero-order valence-corrected chi connectivity index (χ0v) is 7.47. The van der Waals surface area contributed by atoms with E-state index in [1.165, 1.54) is 0 Å². The van der Waals surface area contributed by atoms with Crippen molar-refractivity contribution in [3.05, 3.63) is 0 Å². The van der Waals surface area contributed by atoms with Crippen LogP contribution in [0.2, 0.25) is 0 Å². The number of amides is 1. The van der Waals surface area contributed by atoms with E-state index in [4.69, 9.17) is 6.42 Å². The smallest absolute Gasteiger partial charge is 0.335 e. The molecule has 0 saturated carbocycles. The van der Waals surface area contributed by atoms with Crippen LogP contribution in [-0.2, 0) is 4.79 Å². The first-order valence-electron chi connectivity index (χ1n) is 4.27. The van der Waals surface area contributed by atoms with Crippen LogP contribution in [0.1, 0.15) is 12.8 Å². The lowest BCUT2D eigenvalue weighted by Crippen LogP contribution is -2.45. The number of halogens is 3. The van der Waals surface area contributed by atoms with Crippen LogP contribution in [-0.4, -0.2) is 30.1 Å². The molecule has 0 atom stereocenters. The summed E-state index contributed by atoms with van der Waals surface area (Å²) in [6, 6.07) is 0. The molecule has 0 aliphatic carbocycles. The quantitative estimate of drug-likeness (QED) is 0.548. The Morgan fingerprint density at radius 3 is 2.21 bits per heavy atom. The molecule has 1 amide bonds. The van der Waals surface area contributed by atoms with E-state index >= 15 is 0 Å². The van der Waals surface area contributed by atoms with Crippen LogP contribution >= 0.6 is 0 Å². The fraction of sp³-hybridized carbons (Fsp3) is 0.667. The summed E-state index contributed by atoms with van der Waals surface area (Å²) in [5, 5.41) is 0. The number of rotatable bonds is 0. The normalized spacial score (nSPS) is 19.1. The zero-order valence-electron chi connectivity index (χ0n) is 7.47. The van der Waals surface area contributed by atoms with E-state index in [1.54, 1.807) is 0 Å². The van der Waals surface area contributed by atoms with Crippen LogP contribution in [0.5, 0.6) is 0 Å². The Hall–Kier alpha value is -1.18. The molecule has 0 aromatic rings. The molecule has 1 aliphatic rings. The van der Waals surface area contributed by atoms with E-state index in [9.17, 15) is 18.0 Å². The Labute approximate surface area is 80.1 Å². The summed E-state index contributed by atoms with van der Waals surface area (Å²) in [6.45, 7) is 0.209. The Bertz CT molecular complexity index is 258. The van der Waals surface area contributed by atoms with Gasteiger partial charge >= 0.3 is 12.1 Å². The molecule has 0 bridgehead atoms. The number of nitrogens with zero attached hydrogens (tertiary/aromatic N) is 1. The Balaban J connectivity index is 2.51. The van der Waals surface area contributed by atoms with Gasteiger partial charge in [-0.15, -0.1) is 12.3 Å². The average molecular weight is 205 g/mol. The minimum Gasteiger partial charge on any atom is -0.335 e. The number of terminal acetylenes is 1. The van der Waals surface area contributed by atoms with Gasteiger partial charge in [0.1, 0.15) is 0 Å². The first kappa shape index (κ1) is 10.9. The number of hydrogen-bond acceptors (Lipinski definition) is 1. The molecular formula is C9H10F3NO. The van der Waals surface area contributed by atoms with E-state index in [2.05, 4.69) is 5.92 Å². The van der Waals surface area contributed by atoms with Gasteiger partial charge in [-0.3, -0.25) is 4.79 Å². The summed E-state index contributed by atoms with van der Waals surface area (Å²) >= 11 is 0. The third-order valence-corrected chi connectivity index (χ3v) is 2.26. The second-order valence-corrected chi connectivity index (χ2v) is 3.23. The summed E-state index contributed by atoms with van der Waals surface area (Å²) in [6.07, 6.45) is 1.29. The van der Waals surface area contributed by atoms with E-state index in [0.29, 0.717) is 12.8 Å². The third kappa shape index (κ3) is 2.41. The summed E-state index contributed by atoms with van der Waals surface area (Å²) in [5.74, 6) is 0.733. The Morgan fingerprint density at radius 1 is 1.36 bits per heavy atom. The summed E-state index contributed by atoms with van der Waals surface area (Å²) in [7, 11) is 0. The monoisotopic (exact) mass is 205 g/mol. The van der Waals surface area contributed by atoms with E-state index in [1.807, 2.05) is 0 Å². The molecule has 14 heavy (non-hydrogen) atoms. The predicted molar refractivity (Wildman–Crippen MR) is 44.2 cm³/mol. The van der Waals surface area contributed by atoms with Crippen molar-refractivity contribution in [2.24, 2.45) is 5.92 Å². The highest BCUT2D eigenvalue weighted by atomic mass is 19.4. The van der Waals surface area contributed by atoms with Crippen molar-refractivity contribution in [1.82, 2.24) is 4.90 Å². The molecule has 1 fully saturated rings. The highest BCUT2D eigenvalue weighted by Crippen LogP contribution is 2.23. The zero-order chi connectivity index (χ0) is 10.8. The summed E-state index contributed by atoms with van der Waals surface area (Å²) < 4.78 is 35.9. The van der Waals surface area contributed by atoms with Crippen LogP contribution < -0.4 is 0 Å². The summed E-state index contributed by atoms with van der Waals surface area (Å²) in [4.78, 5) is 11.6. The van der Waals surface area contributed by atoms with Crippen molar-refractivity contribution in [2.75, 3.05) is 13.1 Å². The second-order valence-electron chi connectivity index (χ2n) is 3.23. The SMILES string of the molecule is C#CC1CCN(C(=O)C(F)(F)F)CC1. The number of hydrogen-bond donors (Lipinski definition) is 0. The van der Waals surface area contributed by atoms with Crippen molar-refractivity contribution in [3.8, 4) is 12.3 Å². The molecule has 2 nitrogen and oxygen atoms in total. The first-order valence-corrected chi connectivity index (χ1v) is 4.27. The highest BCUT2D eigenvalue weighted by molar-refractivity contribution is 5.81. The molecule has 5 heteroatoms. The molecule has 1 rings (SSSR count). The molecule has 0 aromatic carbocycles. The average Bonchev–Trinajstić information content (AvgIpc) is 2.15. The van der Waals surface area contributed by atoms with Gasteiger partial charge in [-0.25, -0.2) is 0 Å². The topological polar surface area (TPSA) is 20.3 Å². The Morgan fingerprint density at radius 2 is 1.86 bits per heavy atom. The molecule has 0 radical (unpaired) electrons. The van der Waals surface area contributed by atoms with E-state index < -0.39 is 12.1 Å². The third-order valence-electron chi connectivity index (χ3n) is 2.26. The molecule has 78 valence electrons. The maximum absolute atomic E-state index is 12.0. The second kappa shape index (κ2) is 3.91. The predicted octanol–water partition coefficient (Wildman–Crippen LogP) is 1.42. The van der Waals surface area contributed by atoms with E-state index in [0.717, 1.165) is 4.90 Å². The summed E-state index contributed by atoms with van der Waals surface area (Å²) in [5.41, 5.74) is 0. The maximum Gasteiger partial charge on any atom is 0.471 e. The lowest BCUT2D eigenvalue weighted by atomic mass is 9.98. The van der Waals surface area contributed by atoms with Crippen molar-refractivity contribution >= 4 is 5.91 Å². The highest BCUT2D eigenvalue weighted by Gasteiger charge is 2.43. The standard InChI is InChI=1S/C9H10F3NO/c1-2-7-3-5-13(6-4-7)8(14)9(10,11)12/h1,7H,3-6H2. The van der Waals surface area contributed by atoms with Gasteiger partial charge in [0.15, 0.2) is 0 Å². The fourth-order valence-electron chi connectivity index (χ4n) is 1.43. The molecule has 1 aliphatic heterocycles. The number of carbonyl (C=O) groups is 1. The minimum atomic E-state index is -4.76. The molecule has 1 heterocycles. The number of piperidine rings is 1. The lowest BCUT2D eigenvalue weighted by Gasteiger charge is -2.30. The largest absolute Gasteiger partial charge is 0.471 e. The molecule has 0 N–H and O–H groups in total. The van der Waals surface area contributed by atoms with Gasteiger partial charge in [0.2, 0.25) is 0 Å². The van der Waals surface area contributed by atoms with Gasteiger partial charge in [-0.2, -0.15) is 13.2 Å². The maximum atomic E-state index is 12.0. The lowest BCUT2D eigenvalue weighted by molar-refractivity contribution is -0.186. The van der Waals surface area contributed by atoms with Crippen LogP contribution in [0, 0.1) is 18.3 Å². The first-order chi connectivity index (χ1) is 6.45. The van der Waals surface area contributed by atoms with Crippen LogP contribution in [0.25, 0.3) is 0 Å². The number of likely N-dealkylation sites (tertiary alicyclic amines) is 1. The van der Waals surface area contributed by atoms with Crippen LogP contribution in [0.15, 0.2) is 0 Å². The van der Waals surface area contributed by atoms with Crippen molar-refractivity contribution in [1.29, 1.82) is 0 Å². The van der Waals surface area contributed by atoms with Gasteiger partial charge < -0.3 is 4.90 Å². The van der Waals surface area contributed by atoms with Crippen LogP contribution in [0.3, 0.4) is 0 Å². The van der Waals surface area contributed by atoms with Crippen molar-refractivity contribution < 1.29 is 18.0 Å². The number of alkyl halides is 3. The van der Waals surface area contributed by atoms with Crippen molar-refractivity contribution in [3.63, 3.8) is 0 Å². The molecular weight excluding hydrogens is 195 g/mol. The number of carbonyl (C=O) groups excluding carboxylic acids is 1. The molecule has 0 spiro atoms. The van der Waals surface area contributed by atoms with Gasteiger partial charge in [-0.05, 0) is 12.8 Å². The van der Waals surface area contributed by atoms with E-state index in [-0.39, 0.29) is 19.0 Å². The van der Waals surface area contributed by atoms with Gasteiger partial charge in [0, 0.05) is 19.0 Å². The molecule has 1 saturated heterocycles.